The molecule has 1 aromatic heterocycles. The summed E-state index contributed by atoms with van der Waals surface area (Å²) in [6.45, 7) is 6.86. The zero-order valence-electron chi connectivity index (χ0n) is 14.2. The fourth-order valence-corrected chi connectivity index (χ4v) is 2.67. The number of piperazine rings is 1. The summed E-state index contributed by atoms with van der Waals surface area (Å²) in [6.07, 6.45) is 1.57. The molecule has 134 valence electrons. The fourth-order valence-electron chi connectivity index (χ4n) is 2.67. The van der Waals surface area contributed by atoms with Crippen molar-refractivity contribution in [2.75, 3.05) is 26.2 Å². The Balaban J connectivity index is 1.80. The largest absolute Gasteiger partial charge is 0.356 e. The molecule has 0 saturated carbocycles. The van der Waals surface area contributed by atoms with E-state index in [-0.39, 0.29) is 23.9 Å². The molecule has 1 atom stereocenters. The van der Waals surface area contributed by atoms with Crippen LogP contribution in [0.3, 0.4) is 0 Å². The molecule has 9 nitrogen and oxygen atoms in total. The lowest BCUT2D eigenvalue weighted by Crippen LogP contribution is -2.56. The Labute approximate surface area is 140 Å². The number of carbonyl (C=O) groups is 2. The number of hydrogen-bond acceptors (Lipinski definition) is 5. The van der Waals surface area contributed by atoms with E-state index >= 15 is 0 Å². The second-order valence-corrected chi connectivity index (χ2v) is 6.45. The van der Waals surface area contributed by atoms with E-state index in [0.29, 0.717) is 31.3 Å². The first-order valence-corrected chi connectivity index (χ1v) is 8.37. The molecule has 2 heterocycles. The summed E-state index contributed by atoms with van der Waals surface area (Å²) in [5.74, 6) is 0.788. The van der Waals surface area contributed by atoms with E-state index in [1.807, 2.05) is 0 Å². The molecule has 1 aliphatic rings. The van der Waals surface area contributed by atoms with Crippen LogP contribution in [0.5, 0.6) is 0 Å². The van der Waals surface area contributed by atoms with Crippen LogP contribution in [0.15, 0.2) is 4.79 Å². The summed E-state index contributed by atoms with van der Waals surface area (Å²) in [7, 11) is 0. The van der Waals surface area contributed by atoms with Crippen molar-refractivity contribution < 1.29 is 9.59 Å². The molecule has 24 heavy (non-hydrogen) atoms. The number of nitrogens with zero attached hydrogens (tertiary/aromatic N) is 2. The quantitative estimate of drug-likeness (QED) is 0.484. The smallest absolute Gasteiger partial charge is 0.340 e. The van der Waals surface area contributed by atoms with Crippen molar-refractivity contribution in [2.24, 2.45) is 5.92 Å². The number of nitrogens with one attached hydrogen (secondary N) is 4. The average Bonchev–Trinajstić information content (AvgIpc) is 2.93. The maximum Gasteiger partial charge on any atom is 0.340 e. The maximum absolute atomic E-state index is 12.1. The first kappa shape index (κ1) is 18.2. The summed E-state index contributed by atoms with van der Waals surface area (Å²) in [5.41, 5.74) is -0.365. The van der Waals surface area contributed by atoms with Crippen LogP contribution in [-0.4, -0.2) is 64.1 Å². The van der Waals surface area contributed by atoms with Gasteiger partial charge in [0.15, 0.2) is 0 Å². The van der Waals surface area contributed by atoms with Crippen LogP contribution < -0.4 is 16.3 Å². The Morgan fingerprint density at radius 3 is 2.88 bits per heavy atom. The second kappa shape index (κ2) is 8.62. The van der Waals surface area contributed by atoms with Crippen molar-refractivity contribution >= 4 is 11.8 Å². The molecule has 0 aromatic carbocycles. The van der Waals surface area contributed by atoms with Crippen molar-refractivity contribution in [3.05, 3.63) is 16.3 Å². The lowest BCUT2D eigenvalue weighted by Gasteiger charge is -2.35. The zero-order chi connectivity index (χ0) is 17.5. The van der Waals surface area contributed by atoms with Gasteiger partial charge in [0, 0.05) is 26.1 Å². The molecule has 2 rings (SSSR count). The first-order valence-electron chi connectivity index (χ1n) is 8.37. The number of H-pyrrole nitrogens is 2. The van der Waals surface area contributed by atoms with Crippen molar-refractivity contribution in [1.82, 2.24) is 30.7 Å². The van der Waals surface area contributed by atoms with Gasteiger partial charge in [0.2, 0.25) is 11.8 Å². The highest BCUT2D eigenvalue weighted by atomic mass is 16.2. The van der Waals surface area contributed by atoms with E-state index < -0.39 is 6.04 Å². The molecule has 1 fully saturated rings. The van der Waals surface area contributed by atoms with E-state index in [1.165, 1.54) is 0 Å². The van der Waals surface area contributed by atoms with E-state index in [1.54, 1.807) is 0 Å². The molecular weight excluding hydrogens is 312 g/mol. The molecule has 1 unspecified atom stereocenters. The van der Waals surface area contributed by atoms with Crippen LogP contribution in [0, 0.1) is 5.92 Å². The van der Waals surface area contributed by atoms with Crippen LogP contribution in [0.4, 0.5) is 0 Å². The first-order chi connectivity index (χ1) is 11.5. The van der Waals surface area contributed by atoms with Gasteiger partial charge in [0.05, 0.1) is 12.5 Å². The molecule has 9 heteroatoms. The van der Waals surface area contributed by atoms with Gasteiger partial charge in [-0.2, -0.15) is 5.10 Å². The summed E-state index contributed by atoms with van der Waals surface area (Å²) in [4.78, 5) is 39.7. The van der Waals surface area contributed by atoms with Crippen LogP contribution in [0.25, 0.3) is 0 Å². The van der Waals surface area contributed by atoms with E-state index in [0.717, 1.165) is 19.5 Å². The molecule has 0 spiro atoms. The minimum Gasteiger partial charge on any atom is -0.356 e. The van der Waals surface area contributed by atoms with Crippen LogP contribution in [0.2, 0.25) is 0 Å². The summed E-state index contributed by atoms with van der Waals surface area (Å²) in [6, 6.07) is -0.414. The fraction of sp³-hybridized carbons (Fsp3) is 0.733. The van der Waals surface area contributed by atoms with Gasteiger partial charge < -0.3 is 10.6 Å². The van der Waals surface area contributed by atoms with Gasteiger partial charge in [-0.25, -0.2) is 9.89 Å². The monoisotopic (exact) mass is 338 g/mol. The topological polar surface area (TPSA) is 123 Å². The molecule has 1 aliphatic heterocycles. The molecule has 0 bridgehead atoms. The van der Waals surface area contributed by atoms with E-state index in [2.05, 4.69) is 44.6 Å². The Morgan fingerprint density at radius 1 is 1.42 bits per heavy atom. The van der Waals surface area contributed by atoms with Gasteiger partial charge in [-0.15, -0.1) is 0 Å². The standard InChI is InChI=1S/C15H26N6O3/c1-10(2)4-7-21-8-6-17-14(23)11(21)9-13(22)16-5-3-12-18-15(24)20-19-12/h10-11H,3-9H2,1-2H3,(H,16,22)(H,17,23)(H2,18,19,20,24). The third-order valence-electron chi connectivity index (χ3n) is 4.05. The lowest BCUT2D eigenvalue weighted by molar-refractivity contribution is -0.134. The SMILES string of the molecule is CC(C)CCN1CCNC(=O)C1CC(=O)NCCc1n[nH]c(=O)[nH]1. The van der Waals surface area contributed by atoms with E-state index in [4.69, 9.17) is 0 Å². The van der Waals surface area contributed by atoms with Crippen molar-refractivity contribution in [1.29, 1.82) is 0 Å². The highest BCUT2D eigenvalue weighted by Gasteiger charge is 2.31. The molecular formula is C15H26N6O3. The summed E-state index contributed by atoms with van der Waals surface area (Å²) < 4.78 is 0. The van der Waals surface area contributed by atoms with Gasteiger partial charge in [0.1, 0.15) is 5.82 Å². The second-order valence-electron chi connectivity index (χ2n) is 6.45. The van der Waals surface area contributed by atoms with Gasteiger partial charge in [-0.3, -0.25) is 19.5 Å². The summed E-state index contributed by atoms with van der Waals surface area (Å²) >= 11 is 0. The van der Waals surface area contributed by atoms with Crippen LogP contribution in [0.1, 0.15) is 32.5 Å². The Bertz CT molecular complexity index is 608. The van der Waals surface area contributed by atoms with Crippen LogP contribution in [-0.2, 0) is 16.0 Å². The Morgan fingerprint density at radius 2 is 2.21 bits per heavy atom. The average molecular weight is 338 g/mol. The van der Waals surface area contributed by atoms with Gasteiger partial charge in [-0.1, -0.05) is 13.8 Å². The third-order valence-corrected chi connectivity index (χ3v) is 4.05. The molecule has 0 radical (unpaired) electrons. The van der Waals surface area contributed by atoms with E-state index in [9.17, 15) is 14.4 Å². The van der Waals surface area contributed by atoms with Crippen LogP contribution >= 0.6 is 0 Å². The van der Waals surface area contributed by atoms with Crippen molar-refractivity contribution in [2.45, 2.75) is 39.2 Å². The molecule has 0 aliphatic carbocycles. The molecule has 1 saturated heterocycles. The highest BCUT2D eigenvalue weighted by Crippen LogP contribution is 2.12. The minimum atomic E-state index is -0.414. The summed E-state index contributed by atoms with van der Waals surface area (Å²) in [5, 5.41) is 11.6. The minimum absolute atomic E-state index is 0.0863. The number of rotatable bonds is 8. The third kappa shape index (κ3) is 5.48. The van der Waals surface area contributed by atoms with Gasteiger partial charge in [-0.05, 0) is 18.9 Å². The Kier molecular flexibility index (Phi) is 6.53. The number of carbonyl (C=O) groups excluding carboxylic acids is 2. The van der Waals surface area contributed by atoms with Gasteiger partial charge in [0.25, 0.3) is 0 Å². The molecule has 4 N–H and O–H groups in total. The zero-order valence-corrected chi connectivity index (χ0v) is 14.2. The predicted octanol–water partition coefficient (Wildman–Crippen LogP) is -1.01. The molecule has 1 aromatic rings. The maximum atomic E-state index is 12.1. The number of aromatic amines is 2. The lowest BCUT2D eigenvalue weighted by atomic mass is 10.1. The Hall–Kier alpha value is -2.16. The van der Waals surface area contributed by atoms with Gasteiger partial charge >= 0.3 is 5.69 Å². The number of amides is 2. The number of aromatic nitrogens is 3. The molecule has 2 amide bonds. The predicted molar refractivity (Wildman–Crippen MR) is 88.4 cm³/mol. The van der Waals surface area contributed by atoms with Crippen molar-refractivity contribution in [3.8, 4) is 0 Å². The van der Waals surface area contributed by atoms with Crippen molar-refractivity contribution in [3.63, 3.8) is 0 Å². The normalized spacial score (nSPS) is 18.6. The number of hydrogen-bond donors (Lipinski definition) is 4. The highest BCUT2D eigenvalue weighted by molar-refractivity contribution is 5.88.